The van der Waals surface area contributed by atoms with E-state index in [9.17, 15) is 0 Å². The van der Waals surface area contributed by atoms with Crippen LogP contribution in [0, 0.1) is 0 Å². The first-order chi connectivity index (χ1) is 14.5. The van der Waals surface area contributed by atoms with Crippen molar-refractivity contribution in [2.24, 2.45) is 0 Å². The molecular formula is C25H35N3OS. The summed E-state index contributed by atoms with van der Waals surface area (Å²) < 4.78 is 5.25. The third-order valence-corrected chi connectivity index (χ3v) is 6.27. The fourth-order valence-corrected chi connectivity index (χ4v) is 4.41. The van der Waals surface area contributed by atoms with Gasteiger partial charge in [-0.3, -0.25) is 0 Å². The maximum Gasteiger partial charge on any atom is 0.173 e. The summed E-state index contributed by atoms with van der Waals surface area (Å²) in [7, 11) is 1.68. The number of hydrogen-bond donors (Lipinski definition) is 1. The molecule has 162 valence electrons. The lowest BCUT2D eigenvalue weighted by Gasteiger charge is -2.33. The van der Waals surface area contributed by atoms with Crippen LogP contribution < -0.4 is 15.0 Å². The molecule has 2 aromatic carbocycles. The maximum absolute atomic E-state index is 5.81. The van der Waals surface area contributed by atoms with E-state index in [1.54, 1.807) is 7.11 Å². The SMILES string of the molecule is CCCN1CCCc2cc(CN(C(=S)Nc3ccc(OC)cc3)[C@@H](C)CC)ccc21. The van der Waals surface area contributed by atoms with Crippen molar-refractivity contribution in [1.29, 1.82) is 0 Å². The second-order valence-electron chi connectivity index (χ2n) is 8.10. The molecule has 1 aliphatic rings. The average Bonchev–Trinajstić information content (AvgIpc) is 2.77. The van der Waals surface area contributed by atoms with Crippen LogP contribution in [0.5, 0.6) is 5.75 Å². The van der Waals surface area contributed by atoms with Crippen molar-refractivity contribution in [3.63, 3.8) is 0 Å². The molecule has 1 aliphatic heterocycles. The number of rotatable bonds is 8. The largest absolute Gasteiger partial charge is 0.497 e. The van der Waals surface area contributed by atoms with E-state index in [0.29, 0.717) is 6.04 Å². The summed E-state index contributed by atoms with van der Waals surface area (Å²) >= 11 is 5.81. The first-order valence-corrected chi connectivity index (χ1v) is 11.5. The van der Waals surface area contributed by atoms with Crippen molar-refractivity contribution in [3.05, 3.63) is 53.6 Å². The van der Waals surface area contributed by atoms with Crippen molar-refractivity contribution < 1.29 is 4.74 Å². The number of ether oxygens (including phenoxy) is 1. The second-order valence-corrected chi connectivity index (χ2v) is 8.48. The highest BCUT2D eigenvalue weighted by molar-refractivity contribution is 7.80. The molecule has 0 bridgehead atoms. The minimum Gasteiger partial charge on any atom is -0.497 e. The number of nitrogens with zero attached hydrogens (tertiary/aromatic N) is 2. The lowest BCUT2D eigenvalue weighted by atomic mass is 9.98. The Labute approximate surface area is 187 Å². The van der Waals surface area contributed by atoms with E-state index in [-0.39, 0.29) is 0 Å². The van der Waals surface area contributed by atoms with Crippen LogP contribution in [0.3, 0.4) is 0 Å². The van der Waals surface area contributed by atoms with Crippen LogP contribution >= 0.6 is 12.2 Å². The van der Waals surface area contributed by atoms with E-state index < -0.39 is 0 Å². The Balaban J connectivity index is 1.75. The van der Waals surface area contributed by atoms with Crippen molar-refractivity contribution in [2.75, 3.05) is 30.4 Å². The predicted molar refractivity (Wildman–Crippen MR) is 132 cm³/mol. The quantitative estimate of drug-likeness (QED) is 0.535. The van der Waals surface area contributed by atoms with Gasteiger partial charge in [-0.25, -0.2) is 0 Å². The molecule has 0 spiro atoms. The van der Waals surface area contributed by atoms with Gasteiger partial charge in [0.25, 0.3) is 0 Å². The molecule has 4 nitrogen and oxygen atoms in total. The molecule has 1 heterocycles. The summed E-state index contributed by atoms with van der Waals surface area (Å²) in [6.45, 7) is 9.84. The smallest absolute Gasteiger partial charge is 0.173 e. The molecule has 30 heavy (non-hydrogen) atoms. The zero-order chi connectivity index (χ0) is 21.5. The van der Waals surface area contributed by atoms with Crippen LogP contribution in [0.4, 0.5) is 11.4 Å². The Morgan fingerprint density at radius 2 is 1.97 bits per heavy atom. The van der Waals surface area contributed by atoms with Gasteiger partial charge < -0.3 is 19.9 Å². The molecule has 1 N–H and O–H groups in total. The fraction of sp³-hybridized carbons (Fsp3) is 0.480. The number of anilines is 2. The Morgan fingerprint density at radius 1 is 1.20 bits per heavy atom. The van der Waals surface area contributed by atoms with Crippen molar-refractivity contribution in [1.82, 2.24) is 4.90 Å². The lowest BCUT2D eigenvalue weighted by molar-refractivity contribution is 0.319. The number of methoxy groups -OCH3 is 1. The molecule has 5 heteroatoms. The highest BCUT2D eigenvalue weighted by Gasteiger charge is 2.20. The number of hydrogen-bond acceptors (Lipinski definition) is 3. The van der Waals surface area contributed by atoms with Crippen LogP contribution in [0.2, 0.25) is 0 Å². The number of benzene rings is 2. The topological polar surface area (TPSA) is 27.7 Å². The van der Waals surface area contributed by atoms with Crippen LogP contribution in [-0.4, -0.2) is 36.3 Å². The van der Waals surface area contributed by atoms with E-state index in [0.717, 1.165) is 36.1 Å². The summed E-state index contributed by atoms with van der Waals surface area (Å²) in [6.07, 6.45) is 4.64. The molecular weight excluding hydrogens is 390 g/mol. The summed E-state index contributed by atoms with van der Waals surface area (Å²) in [5.74, 6) is 0.844. The predicted octanol–water partition coefficient (Wildman–Crippen LogP) is 5.86. The lowest BCUT2D eigenvalue weighted by Crippen LogP contribution is -2.40. The zero-order valence-electron chi connectivity index (χ0n) is 18.8. The van der Waals surface area contributed by atoms with Gasteiger partial charge in [0.2, 0.25) is 0 Å². The van der Waals surface area contributed by atoms with E-state index in [4.69, 9.17) is 17.0 Å². The summed E-state index contributed by atoms with van der Waals surface area (Å²) in [5.41, 5.74) is 5.20. The average molecular weight is 426 g/mol. The van der Waals surface area contributed by atoms with Gasteiger partial charge in [-0.15, -0.1) is 0 Å². The van der Waals surface area contributed by atoms with Gasteiger partial charge in [-0.1, -0.05) is 26.0 Å². The minimum atomic E-state index is 0.357. The number of nitrogens with one attached hydrogen (secondary N) is 1. The van der Waals surface area contributed by atoms with Crippen molar-refractivity contribution in [3.8, 4) is 5.75 Å². The maximum atomic E-state index is 5.81. The Hall–Kier alpha value is -2.27. The Kier molecular flexibility index (Phi) is 7.97. The number of fused-ring (bicyclic) bond motifs is 1. The van der Waals surface area contributed by atoms with Crippen LogP contribution in [-0.2, 0) is 13.0 Å². The molecule has 0 saturated heterocycles. The Morgan fingerprint density at radius 3 is 2.63 bits per heavy atom. The number of aryl methyl sites for hydroxylation is 1. The molecule has 2 aromatic rings. The van der Waals surface area contributed by atoms with Gasteiger partial charge in [0.15, 0.2) is 5.11 Å². The highest BCUT2D eigenvalue weighted by atomic mass is 32.1. The van der Waals surface area contributed by atoms with Crippen LogP contribution in [0.1, 0.15) is 51.2 Å². The van der Waals surface area contributed by atoms with Crippen LogP contribution in [0.15, 0.2) is 42.5 Å². The standard InChI is InChI=1S/C25H35N3OS/c1-5-15-27-16-7-8-21-17-20(9-14-24(21)27)18-28(19(3)6-2)25(30)26-22-10-12-23(29-4)13-11-22/h9-14,17,19H,5-8,15-16,18H2,1-4H3,(H,26,30)/t19-/m0/s1. The van der Waals surface area contributed by atoms with E-state index in [1.807, 2.05) is 24.3 Å². The molecule has 0 aromatic heterocycles. The Bertz CT molecular complexity index is 837. The highest BCUT2D eigenvalue weighted by Crippen LogP contribution is 2.29. The van der Waals surface area contributed by atoms with Gasteiger partial charge in [-0.2, -0.15) is 0 Å². The zero-order valence-corrected chi connectivity index (χ0v) is 19.6. The van der Waals surface area contributed by atoms with Gasteiger partial charge >= 0.3 is 0 Å². The van der Waals surface area contributed by atoms with Crippen molar-refractivity contribution >= 4 is 28.7 Å². The molecule has 0 aliphatic carbocycles. The van der Waals surface area contributed by atoms with E-state index >= 15 is 0 Å². The van der Waals surface area contributed by atoms with Gasteiger partial charge in [0.05, 0.1) is 7.11 Å². The molecule has 0 saturated carbocycles. The molecule has 0 fully saturated rings. The monoisotopic (exact) mass is 425 g/mol. The molecule has 0 unspecified atom stereocenters. The minimum absolute atomic E-state index is 0.357. The van der Waals surface area contributed by atoms with Gasteiger partial charge in [-0.05, 0) is 86.3 Å². The fourth-order valence-electron chi connectivity index (χ4n) is 4.04. The molecule has 0 radical (unpaired) electrons. The van der Waals surface area contributed by atoms with Crippen molar-refractivity contribution in [2.45, 2.75) is 59.0 Å². The van der Waals surface area contributed by atoms with E-state index in [1.165, 1.54) is 42.6 Å². The first kappa shape index (κ1) is 22.4. The first-order valence-electron chi connectivity index (χ1n) is 11.1. The summed E-state index contributed by atoms with van der Waals surface area (Å²) in [6, 6.07) is 15.2. The second kappa shape index (κ2) is 10.7. The third-order valence-electron chi connectivity index (χ3n) is 5.93. The van der Waals surface area contributed by atoms with Gasteiger partial charge in [0, 0.05) is 37.1 Å². The number of thiocarbonyl (C=S) groups is 1. The third kappa shape index (κ3) is 5.45. The molecule has 1 atom stereocenters. The van der Waals surface area contributed by atoms with Crippen LogP contribution in [0.25, 0.3) is 0 Å². The molecule has 3 rings (SSSR count). The normalized spacial score (nSPS) is 14.1. The summed E-state index contributed by atoms with van der Waals surface area (Å²) in [4.78, 5) is 4.83. The summed E-state index contributed by atoms with van der Waals surface area (Å²) in [5, 5.41) is 4.17. The van der Waals surface area contributed by atoms with E-state index in [2.05, 4.69) is 54.1 Å². The van der Waals surface area contributed by atoms with Gasteiger partial charge in [0.1, 0.15) is 5.75 Å². The molecule has 0 amide bonds.